The first-order valence-corrected chi connectivity index (χ1v) is 5.06. The first-order valence-electron chi connectivity index (χ1n) is 5.06. The van der Waals surface area contributed by atoms with Gasteiger partial charge in [-0.3, -0.25) is 0 Å². The van der Waals surface area contributed by atoms with Gasteiger partial charge in [0.05, 0.1) is 0 Å². The molecule has 6 heteroatoms. The van der Waals surface area contributed by atoms with Gasteiger partial charge >= 0.3 is 12.1 Å². The summed E-state index contributed by atoms with van der Waals surface area (Å²) in [5, 5.41) is 10.7. The lowest BCUT2D eigenvalue weighted by molar-refractivity contribution is -0.143. The Balaban J connectivity index is 3.60. The number of alkyl carbamates (subject to hydrolysis) is 1. The van der Waals surface area contributed by atoms with Crippen molar-refractivity contribution in [3.8, 4) is 0 Å². The molecule has 0 aliphatic heterocycles. The number of hydrogen-bond donors (Lipinski definition) is 2. The molecule has 0 rings (SSSR count). The molecule has 1 unspecified atom stereocenters. The number of rotatable bonds is 5. The smallest absolute Gasteiger partial charge is 0.407 e. The first-order chi connectivity index (χ1) is 7.22. The number of hydrogen-bond acceptors (Lipinski definition) is 3. The van der Waals surface area contributed by atoms with E-state index in [1.807, 2.05) is 0 Å². The third-order valence-electron chi connectivity index (χ3n) is 1.57. The van der Waals surface area contributed by atoms with E-state index in [1.165, 1.54) is 0 Å². The predicted octanol–water partition coefficient (Wildman–Crippen LogP) is 1.71. The van der Waals surface area contributed by atoms with Gasteiger partial charge in [-0.25, -0.2) is 14.0 Å². The Labute approximate surface area is 94.0 Å². The number of aliphatic carboxylic acids is 1. The lowest BCUT2D eigenvalue weighted by Crippen LogP contribution is -2.33. The first kappa shape index (κ1) is 14.7. The molecule has 1 atom stereocenters. The van der Waals surface area contributed by atoms with E-state index in [1.54, 1.807) is 20.8 Å². The predicted molar refractivity (Wildman–Crippen MR) is 56.0 cm³/mol. The summed E-state index contributed by atoms with van der Waals surface area (Å²) >= 11 is 0. The molecule has 0 heterocycles. The fourth-order valence-corrected chi connectivity index (χ4v) is 0.909. The highest BCUT2D eigenvalue weighted by molar-refractivity contribution is 5.72. The standard InChI is InChI=1S/C10H18FNO4/c1-10(2,3)16-9(15)12-6-4-5-7(11)8(13)14/h7H,4-6H2,1-3H3,(H,12,15)(H,13,14). The maximum atomic E-state index is 12.6. The van der Waals surface area contributed by atoms with Crippen LogP contribution in [0, 0.1) is 0 Å². The van der Waals surface area contributed by atoms with E-state index in [2.05, 4.69) is 5.32 Å². The molecule has 0 spiro atoms. The normalized spacial score (nSPS) is 13.0. The molecule has 5 nitrogen and oxygen atoms in total. The fourth-order valence-electron chi connectivity index (χ4n) is 0.909. The van der Waals surface area contributed by atoms with Crippen molar-refractivity contribution in [3.63, 3.8) is 0 Å². The Bertz CT molecular complexity index is 250. The number of ether oxygens (including phenoxy) is 1. The Morgan fingerprint density at radius 2 is 2.00 bits per heavy atom. The number of carbonyl (C=O) groups is 2. The van der Waals surface area contributed by atoms with Crippen LogP contribution in [0.4, 0.5) is 9.18 Å². The van der Waals surface area contributed by atoms with E-state index < -0.39 is 23.8 Å². The molecule has 0 saturated carbocycles. The molecule has 94 valence electrons. The van der Waals surface area contributed by atoms with Crippen LogP contribution >= 0.6 is 0 Å². The quantitative estimate of drug-likeness (QED) is 0.711. The number of carboxylic acid groups (broad SMARTS) is 1. The maximum absolute atomic E-state index is 12.6. The van der Waals surface area contributed by atoms with Crippen LogP contribution in [0.1, 0.15) is 33.6 Å². The third kappa shape index (κ3) is 8.02. The summed E-state index contributed by atoms with van der Waals surface area (Å²) in [7, 11) is 0. The SMILES string of the molecule is CC(C)(C)OC(=O)NCCCC(F)C(=O)O. The lowest BCUT2D eigenvalue weighted by Gasteiger charge is -2.19. The molecule has 0 aromatic heterocycles. The molecule has 0 aliphatic rings. The van der Waals surface area contributed by atoms with E-state index in [9.17, 15) is 14.0 Å². The van der Waals surface area contributed by atoms with Crippen molar-refractivity contribution in [1.29, 1.82) is 0 Å². The van der Waals surface area contributed by atoms with Gasteiger partial charge in [-0.15, -0.1) is 0 Å². The fraction of sp³-hybridized carbons (Fsp3) is 0.800. The van der Waals surface area contributed by atoms with Gasteiger partial charge < -0.3 is 15.2 Å². The summed E-state index contributed by atoms with van der Waals surface area (Å²) in [4.78, 5) is 21.2. The Kier molecular flexibility index (Phi) is 5.77. The minimum atomic E-state index is -1.87. The zero-order valence-electron chi connectivity index (χ0n) is 9.75. The van der Waals surface area contributed by atoms with Crippen LogP contribution in [0.2, 0.25) is 0 Å². The van der Waals surface area contributed by atoms with Gasteiger partial charge in [0.2, 0.25) is 0 Å². The van der Waals surface area contributed by atoms with Crippen LogP contribution in [0.5, 0.6) is 0 Å². The van der Waals surface area contributed by atoms with Crippen molar-refractivity contribution in [1.82, 2.24) is 5.32 Å². The number of halogens is 1. The highest BCUT2D eigenvalue weighted by Crippen LogP contribution is 2.06. The maximum Gasteiger partial charge on any atom is 0.407 e. The van der Waals surface area contributed by atoms with Crippen LogP contribution in [0.25, 0.3) is 0 Å². The molecule has 1 amide bonds. The molecular weight excluding hydrogens is 217 g/mol. The van der Waals surface area contributed by atoms with Gasteiger partial charge in [0.25, 0.3) is 0 Å². The molecule has 0 aliphatic carbocycles. The molecule has 0 radical (unpaired) electrons. The van der Waals surface area contributed by atoms with E-state index >= 15 is 0 Å². The summed E-state index contributed by atoms with van der Waals surface area (Å²) in [6.45, 7) is 5.39. The number of amides is 1. The van der Waals surface area contributed by atoms with Crippen LogP contribution < -0.4 is 5.32 Å². The molecule has 0 aromatic rings. The van der Waals surface area contributed by atoms with Crippen molar-refractivity contribution in [3.05, 3.63) is 0 Å². The van der Waals surface area contributed by atoms with Crippen molar-refractivity contribution in [2.24, 2.45) is 0 Å². The van der Waals surface area contributed by atoms with Crippen LogP contribution in [-0.2, 0) is 9.53 Å². The average Bonchev–Trinajstić information content (AvgIpc) is 2.08. The van der Waals surface area contributed by atoms with E-state index in [4.69, 9.17) is 9.84 Å². The molecular formula is C10H18FNO4. The van der Waals surface area contributed by atoms with E-state index in [0.717, 1.165) is 0 Å². The molecule has 16 heavy (non-hydrogen) atoms. The largest absolute Gasteiger partial charge is 0.479 e. The average molecular weight is 235 g/mol. The number of nitrogens with one attached hydrogen (secondary N) is 1. The highest BCUT2D eigenvalue weighted by Gasteiger charge is 2.17. The second-order valence-electron chi connectivity index (χ2n) is 4.38. The third-order valence-corrected chi connectivity index (χ3v) is 1.57. The van der Waals surface area contributed by atoms with E-state index in [0.29, 0.717) is 0 Å². The second kappa shape index (κ2) is 6.30. The molecule has 0 saturated heterocycles. The molecule has 0 bridgehead atoms. The summed E-state index contributed by atoms with van der Waals surface area (Å²) in [5.74, 6) is -1.47. The minimum absolute atomic E-state index is 0.120. The number of carboxylic acids is 1. The highest BCUT2D eigenvalue weighted by atomic mass is 19.1. The minimum Gasteiger partial charge on any atom is -0.479 e. The van der Waals surface area contributed by atoms with Crippen molar-refractivity contribution in [2.75, 3.05) is 6.54 Å². The molecule has 0 aromatic carbocycles. The van der Waals surface area contributed by atoms with Crippen molar-refractivity contribution < 1.29 is 23.8 Å². The summed E-state index contributed by atoms with van der Waals surface area (Å²) in [6, 6.07) is 0. The van der Waals surface area contributed by atoms with Crippen LogP contribution in [-0.4, -0.2) is 35.5 Å². The second-order valence-corrected chi connectivity index (χ2v) is 4.38. The van der Waals surface area contributed by atoms with Gasteiger partial charge in [-0.05, 0) is 33.6 Å². The zero-order valence-corrected chi connectivity index (χ0v) is 9.75. The molecule has 0 fully saturated rings. The van der Waals surface area contributed by atoms with Crippen molar-refractivity contribution in [2.45, 2.75) is 45.4 Å². The number of alkyl halides is 1. The van der Waals surface area contributed by atoms with Crippen molar-refractivity contribution >= 4 is 12.1 Å². The lowest BCUT2D eigenvalue weighted by atomic mass is 10.2. The summed E-state index contributed by atoms with van der Waals surface area (Å²) < 4.78 is 17.5. The Hall–Kier alpha value is -1.33. The van der Waals surface area contributed by atoms with Gasteiger partial charge in [0.1, 0.15) is 5.60 Å². The number of carbonyl (C=O) groups excluding carboxylic acids is 1. The van der Waals surface area contributed by atoms with Gasteiger partial charge in [0.15, 0.2) is 6.17 Å². The monoisotopic (exact) mass is 235 g/mol. The summed E-state index contributed by atoms with van der Waals surface area (Å²) in [6.07, 6.45) is -2.32. The van der Waals surface area contributed by atoms with Crippen LogP contribution in [0.15, 0.2) is 0 Å². The van der Waals surface area contributed by atoms with E-state index in [-0.39, 0.29) is 19.4 Å². The van der Waals surface area contributed by atoms with Gasteiger partial charge in [-0.1, -0.05) is 0 Å². The molecule has 2 N–H and O–H groups in total. The van der Waals surface area contributed by atoms with Crippen LogP contribution in [0.3, 0.4) is 0 Å². The topological polar surface area (TPSA) is 75.6 Å². The Morgan fingerprint density at radius 3 is 2.44 bits per heavy atom. The van der Waals surface area contributed by atoms with Gasteiger partial charge in [0, 0.05) is 6.54 Å². The summed E-state index contributed by atoms with van der Waals surface area (Å²) in [5.41, 5.74) is -0.576. The van der Waals surface area contributed by atoms with Gasteiger partial charge in [-0.2, -0.15) is 0 Å². The Morgan fingerprint density at radius 1 is 1.44 bits per heavy atom. The zero-order chi connectivity index (χ0) is 12.8.